The second-order valence-electron chi connectivity index (χ2n) is 4.80. The third-order valence-electron chi connectivity index (χ3n) is 2.77. The van der Waals surface area contributed by atoms with Crippen LogP contribution in [0.5, 0.6) is 0 Å². The first kappa shape index (κ1) is 12.0. The van der Waals surface area contributed by atoms with Crippen molar-refractivity contribution >= 4 is 0 Å². The van der Waals surface area contributed by atoms with Crippen LogP contribution in [0.1, 0.15) is 33.1 Å². The number of rotatable bonds is 7. The number of hydrogen-bond donors (Lipinski definition) is 2. The third kappa shape index (κ3) is 4.40. The van der Waals surface area contributed by atoms with Crippen molar-refractivity contribution in [3.05, 3.63) is 0 Å². The molecule has 3 heteroatoms. The first-order valence-corrected chi connectivity index (χ1v) is 5.75. The monoisotopic (exact) mass is 200 g/mol. The van der Waals surface area contributed by atoms with Gasteiger partial charge in [0.2, 0.25) is 0 Å². The van der Waals surface area contributed by atoms with E-state index in [1.165, 1.54) is 19.3 Å². The molecule has 0 bridgehead atoms. The Bertz CT molecular complexity index is 157. The second kappa shape index (κ2) is 5.69. The average molecular weight is 200 g/mol. The van der Waals surface area contributed by atoms with Crippen molar-refractivity contribution in [1.29, 1.82) is 0 Å². The van der Waals surface area contributed by atoms with Crippen LogP contribution in [0.2, 0.25) is 0 Å². The molecule has 1 aliphatic carbocycles. The van der Waals surface area contributed by atoms with Crippen LogP contribution in [0.15, 0.2) is 0 Å². The van der Waals surface area contributed by atoms with Crippen LogP contribution in [0.3, 0.4) is 0 Å². The maximum Gasteiger partial charge on any atom is 0.0789 e. The van der Waals surface area contributed by atoms with Gasteiger partial charge in [-0.1, -0.05) is 13.8 Å². The Kier molecular flexibility index (Phi) is 4.85. The van der Waals surface area contributed by atoms with Gasteiger partial charge in [0, 0.05) is 19.1 Å². The lowest BCUT2D eigenvalue weighted by atomic mass is 10.1. The predicted octanol–water partition coefficient (Wildman–Crippen LogP) is 0.817. The number of nitrogens with two attached hydrogens (primary N) is 1. The molecule has 3 nitrogen and oxygen atoms in total. The average Bonchev–Trinajstić information content (AvgIpc) is 2.94. The normalized spacial score (nSPS) is 19.3. The van der Waals surface area contributed by atoms with Crippen LogP contribution in [0, 0.1) is 5.92 Å². The minimum absolute atomic E-state index is 0.345. The van der Waals surface area contributed by atoms with Gasteiger partial charge in [0.25, 0.3) is 0 Å². The highest BCUT2D eigenvalue weighted by Gasteiger charge is 2.29. The van der Waals surface area contributed by atoms with Crippen molar-refractivity contribution in [3.63, 3.8) is 0 Å². The largest absolute Gasteiger partial charge is 0.390 e. The minimum Gasteiger partial charge on any atom is -0.390 e. The van der Waals surface area contributed by atoms with E-state index in [4.69, 9.17) is 5.73 Å². The van der Waals surface area contributed by atoms with Gasteiger partial charge in [0.15, 0.2) is 0 Å². The fourth-order valence-electron chi connectivity index (χ4n) is 1.63. The molecule has 0 amide bonds. The molecule has 0 spiro atoms. The zero-order valence-electron chi connectivity index (χ0n) is 9.45. The summed E-state index contributed by atoms with van der Waals surface area (Å²) in [4.78, 5) is 2.40. The molecule has 14 heavy (non-hydrogen) atoms. The van der Waals surface area contributed by atoms with E-state index in [2.05, 4.69) is 18.7 Å². The number of hydrogen-bond acceptors (Lipinski definition) is 3. The van der Waals surface area contributed by atoms with Crippen LogP contribution in [0.4, 0.5) is 0 Å². The maximum atomic E-state index is 9.50. The summed E-state index contributed by atoms with van der Waals surface area (Å²) in [6, 6.07) is 0.731. The van der Waals surface area contributed by atoms with E-state index in [0.29, 0.717) is 6.54 Å². The fourth-order valence-corrected chi connectivity index (χ4v) is 1.63. The molecule has 1 fully saturated rings. The van der Waals surface area contributed by atoms with E-state index in [1.807, 2.05) is 0 Å². The molecule has 1 atom stereocenters. The van der Waals surface area contributed by atoms with Crippen LogP contribution in [-0.2, 0) is 0 Å². The summed E-state index contributed by atoms with van der Waals surface area (Å²) in [7, 11) is 0. The highest BCUT2D eigenvalue weighted by molar-refractivity contribution is 4.85. The molecule has 1 aliphatic rings. The van der Waals surface area contributed by atoms with Crippen molar-refractivity contribution in [2.75, 3.05) is 19.6 Å². The van der Waals surface area contributed by atoms with E-state index in [1.54, 1.807) is 0 Å². The van der Waals surface area contributed by atoms with Gasteiger partial charge in [-0.05, 0) is 31.7 Å². The van der Waals surface area contributed by atoms with Crippen molar-refractivity contribution in [1.82, 2.24) is 4.90 Å². The fraction of sp³-hybridized carbons (Fsp3) is 1.00. The molecule has 3 N–H and O–H groups in total. The summed E-state index contributed by atoms with van der Waals surface area (Å²) in [6.45, 7) is 6.73. The molecular weight excluding hydrogens is 176 g/mol. The zero-order valence-corrected chi connectivity index (χ0v) is 9.45. The van der Waals surface area contributed by atoms with Crippen molar-refractivity contribution in [2.45, 2.75) is 45.3 Å². The highest BCUT2D eigenvalue weighted by atomic mass is 16.3. The molecule has 0 radical (unpaired) electrons. The molecule has 0 aromatic heterocycles. The third-order valence-corrected chi connectivity index (χ3v) is 2.77. The molecule has 0 aliphatic heterocycles. The predicted molar refractivity (Wildman–Crippen MR) is 59.1 cm³/mol. The Morgan fingerprint density at radius 3 is 2.50 bits per heavy atom. The van der Waals surface area contributed by atoms with E-state index >= 15 is 0 Å². The van der Waals surface area contributed by atoms with E-state index < -0.39 is 0 Å². The van der Waals surface area contributed by atoms with Gasteiger partial charge < -0.3 is 10.8 Å². The smallest absolute Gasteiger partial charge is 0.0789 e. The van der Waals surface area contributed by atoms with Gasteiger partial charge in [-0.3, -0.25) is 4.90 Å². The zero-order chi connectivity index (χ0) is 10.6. The summed E-state index contributed by atoms with van der Waals surface area (Å²) in [5.41, 5.74) is 5.42. The standard InChI is InChI=1S/C11H24N2O/c1-9(2)5-6-13(10-3-4-10)8-11(14)7-12/h9-11,14H,3-8,12H2,1-2H3. The molecular formula is C11H24N2O. The highest BCUT2D eigenvalue weighted by Crippen LogP contribution is 2.27. The molecule has 1 saturated carbocycles. The van der Waals surface area contributed by atoms with Crippen molar-refractivity contribution in [2.24, 2.45) is 11.7 Å². The number of aliphatic hydroxyl groups is 1. The molecule has 0 saturated heterocycles. The Morgan fingerprint density at radius 1 is 1.43 bits per heavy atom. The van der Waals surface area contributed by atoms with Crippen molar-refractivity contribution in [3.8, 4) is 0 Å². The van der Waals surface area contributed by atoms with Gasteiger partial charge in [-0.15, -0.1) is 0 Å². The molecule has 0 aromatic carbocycles. The Balaban J connectivity index is 2.24. The van der Waals surface area contributed by atoms with Crippen LogP contribution >= 0.6 is 0 Å². The number of aliphatic hydroxyl groups excluding tert-OH is 1. The van der Waals surface area contributed by atoms with Gasteiger partial charge in [-0.25, -0.2) is 0 Å². The molecule has 0 heterocycles. The lowest BCUT2D eigenvalue weighted by Gasteiger charge is -2.25. The van der Waals surface area contributed by atoms with Crippen LogP contribution < -0.4 is 5.73 Å². The molecule has 84 valence electrons. The first-order chi connectivity index (χ1) is 6.63. The Morgan fingerprint density at radius 2 is 2.07 bits per heavy atom. The van der Waals surface area contributed by atoms with Crippen LogP contribution in [0.25, 0.3) is 0 Å². The first-order valence-electron chi connectivity index (χ1n) is 5.75. The number of nitrogens with zero attached hydrogens (tertiary/aromatic N) is 1. The van der Waals surface area contributed by atoms with Gasteiger partial charge in [0.1, 0.15) is 0 Å². The van der Waals surface area contributed by atoms with E-state index in [9.17, 15) is 5.11 Å². The van der Waals surface area contributed by atoms with Crippen molar-refractivity contribution < 1.29 is 5.11 Å². The summed E-state index contributed by atoms with van der Waals surface area (Å²) < 4.78 is 0. The molecule has 0 aromatic rings. The topological polar surface area (TPSA) is 49.5 Å². The quantitative estimate of drug-likeness (QED) is 0.639. The van der Waals surface area contributed by atoms with E-state index in [0.717, 1.165) is 25.0 Å². The lowest BCUT2D eigenvalue weighted by Crippen LogP contribution is -2.38. The lowest BCUT2D eigenvalue weighted by molar-refractivity contribution is 0.111. The summed E-state index contributed by atoms with van der Waals surface area (Å²) in [5.74, 6) is 0.742. The SMILES string of the molecule is CC(C)CCN(CC(O)CN)C1CC1. The van der Waals surface area contributed by atoms with E-state index in [-0.39, 0.29) is 6.10 Å². The Labute approximate surface area is 87.3 Å². The summed E-state index contributed by atoms with van der Waals surface area (Å²) in [6.07, 6.45) is 3.47. The second-order valence-corrected chi connectivity index (χ2v) is 4.80. The van der Waals surface area contributed by atoms with Crippen LogP contribution in [-0.4, -0.2) is 41.8 Å². The van der Waals surface area contributed by atoms with Gasteiger partial charge in [0.05, 0.1) is 6.10 Å². The minimum atomic E-state index is -0.345. The Hall–Kier alpha value is -0.120. The maximum absolute atomic E-state index is 9.50. The summed E-state index contributed by atoms with van der Waals surface area (Å²) in [5, 5.41) is 9.50. The van der Waals surface area contributed by atoms with Gasteiger partial charge in [-0.2, -0.15) is 0 Å². The molecule has 1 unspecified atom stereocenters. The van der Waals surface area contributed by atoms with Gasteiger partial charge >= 0.3 is 0 Å². The molecule has 1 rings (SSSR count). The summed E-state index contributed by atoms with van der Waals surface area (Å²) >= 11 is 0.